The fourth-order valence-corrected chi connectivity index (χ4v) is 12.2. The summed E-state index contributed by atoms with van der Waals surface area (Å²) in [7, 11) is -1.44. The second-order valence-electron chi connectivity index (χ2n) is 26.5. The summed E-state index contributed by atoms with van der Waals surface area (Å²) in [6, 6.07) is 11.0. The van der Waals surface area contributed by atoms with E-state index in [-0.39, 0.29) is 17.9 Å². The highest BCUT2D eigenvalue weighted by Crippen LogP contribution is 2.50. The number of unbranched alkanes of at least 4 members (excludes halogenated alkanes) is 2. The molecule has 1 unspecified atom stereocenters. The molecule has 0 fully saturated rings. The van der Waals surface area contributed by atoms with Gasteiger partial charge in [-0.15, -0.1) is 13.2 Å². The average Bonchev–Trinajstić information content (AvgIpc) is 1.59. The van der Waals surface area contributed by atoms with Crippen molar-refractivity contribution >= 4 is 33.2 Å². The molecule has 0 saturated carbocycles. The first-order valence-corrected chi connectivity index (χ1v) is 41.9. The number of fused-ring (bicyclic) bond motifs is 2. The van der Waals surface area contributed by atoms with Crippen molar-refractivity contribution in [1.29, 1.82) is 0 Å². The topological polar surface area (TPSA) is 308 Å². The van der Waals surface area contributed by atoms with Crippen molar-refractivity contribution in [3.63, 3.8) is 0 Å². The van der Waals surface area contributed by atoms with E-state index in [9.17, 15) is 22.9 Å². The number of hydrogen-bond acceptors (Lipinski definition) is 27. The molecule has 2 N–H and O–H groups in total. The third kappa shape index (κ3) is 49.7. The molecule has 0 bridgehead atoms. The number of rotatable bonds is 77. The van der Waals surface area contributed by atoms with Gasteiger partial charge in [0.2, 0.25) is 5.69 Å². The van der Waals surface area contributed by atoms with Crippen LogP contribution in [0, 0.1) is 6.92 Å². The molecule has 0 amide bonds. The Hall–Kier alpha value is -4.67. The van der Waals surface area contributed by atoms with Crippen LogP contribution in [0.2, 0.25) is 0 Å². The van der Waals surface area contributed by atoms with Gasteiger partial charge in [0.15, 0.2) is 12.3 Å². The number of quaternary nitrogens is 1. The Morgan fingerprint density at radius 3 is 1.20 bits per heavy atom. The Morgan fingerprint density at radius 1 is 0.474 bits per heavy atom. The van der Waals surface area contributed by atoms with E-state index < -0.39 is 26.9 Å². The lowest BCUT2D eigenvalue weighted by Crippen LogP contribution is -3.11. The fourth-order valence-electron chi connectivity index (χ4n) is 11.7. The maximum absolute atomic E-state index is 12.3. The summed E-state index contributed by atoms with van der Waals surface area (Å²) in [5.41, 5.74) is 5.62. The number of methoxy groups -OCH3 is 2. The predicted octanol–water partition coefficient (Wildman–Crippen LogP) is 7.36. The van der Waals surface area contributed by atoms with Crippen molar-refractivity contribution < 1.29 is 137 Å². The first-order chi connectivity index (χ1) is 55.6. The SMILES string of the molecule is C=C.CC[NH+](CC)CC.COCCOCCOCCOCCOCCOCCOCCOCCOCCOCCOCC[N+]1=C(C=CC=CC=C2N(CCCCCC(=O)O)c3ccc(C)cc3C2(C)CCOOCCOCCOCCOCCOCCOCCOCCOCCOCCOC)C(C)(C)c2cc(S(=O)(=O)[O-])ccc21. The minimum atomic E-state index is -4.72. The van der Waals surface area contributed by atoms with Gasteiger partial charge in [0, 0.05) is 61.7 Å². The standard InChI is InChI=1S/C75H124N2O27S.C6H15N.C2H4/c1-65-16-18-70-68(63-65)75(4,20-23-103-104-62-61-102-60-59-101-58-57-100-56-55-99-54-50-96-46-44-93-40-38-90-34-32-87-28-26-84-6)72(76(70)21-12-8-11-15-73(78)79)14-10-7-9-13-71-74(2,3)67-64-66(105(80,81)82)17-19-69(67)77(71)22-24-85-29-30-88-35-36-91-41-42-94-47-48-97-52-53-98-51-49-95-45-43-92-39-37-89-33-31-86-27-25-83-5;1-4-7(5-2)6-3;1-2/h7,9-10,13-14,16-19,63-64H,8,11-12,15,20-62H2,1-6H3,(H-,78,79,80,81,82);4-6H2,1-3H3;1-2H2/p+1. The van der Waals surface area contributed by atoms with E-state index in [4.69, 9.17) is 105 Å². The summed E-state index contributed by atoms with van der Waals surface area (Å²) in [6.45, 7) is 43.9. The number of hydrogen-bond donors (Lipinski definition) is 2. The first-order valence-electron chi connectivity index (χ1n) is 40.5. The molecule has 1 atom stereocenters. The summed E-state index contributed by atoms with van der Waals surface area (Å²) in [6.07, 6.45) is 12.9. The largest absolute Gasteiger partial charge is 0.744 e. The van der Waals surface area contributed by atoms with Gasteiger partial charge in [-0.3, -0.25) is 4.79 Å². The van der Waals surface area contributed by atoms with Gasteiger partial charge in [-0.05, 0) is 97.6 Å². The molecule has 2 aliphatic heterocycles. The maximum Gasteiger partial charge on any atom is 0.303 e. The molecule has 0 radical (unpaired) electrons. The molecule has 0 saturated heterocycles. The van der Waals surface area contributed by atoms with Crippen molar-refractivity contribution in [3.05, 3.63) is 102 Å². The molecular weight excluding hydrogens is 1500 g/mol. The quantitative estimate of drug-likeness (QED) is 0.0124. The molecular formula is C83H144N3O27S+. The normalized spacial score (nSPS) is 14.9. The number of nitrogens with one attached hydrogen (secondary N) is 1. The summed E-state index contributed by atoms with van der Waals surface area (Å²) in [5, 5.41) is 9.34. The third-order valence-corrected chi connectivity index (χ3v) is 18.7. The van der Waals surface area contributed by atoms with Gasteiger partial charge >= 0.3 is 5.97 Å². The fraction of sp³-hybridized carbons (Fsp3) is 0.735. The minimum absolute atomic E-state index is 0.118. The average molecular weight is 1650 g/mol. The van der Waals surface area contributed by atoms with E-state index in [0.717, 1.165) is 46.8 Å². The summed E-state index contributed by atoms with van der Waals surface area (Å²) >= 11 is 0. The molecule has 2 aromatic rings. The number of aryl methyl sites for hydroxylation is 1. The number of carboxylic acid groups (broad SMARTS) is 1. The number of allylic oxidation sites excluding steroid dienone is 6. The van der Waals surface area contributed by atoms with E-state index in [1.807, 2.05) is 38.2 Å². The van der Waals surface area contributed by atoms with Gasteiger partial charge in [-0.2, -0.15) is 4.58 Å². The van der Waals surface area contributed by atoms with Gasteiger partial charge in [0.25, 0.3) is 0 Å². The van der Waals surface area contributed by atoms with Crippen molar-refractivity contribution in [2.75, 3.05) is 316 Å². The lowest BCUT2D eigenvalue weighted by atomic mass is 9.78. The molecule has 0 aliphatic carbocycles. The molecule has 0 spiro atoms. The van der Waals surface area contributed by atoms with Gasteiger partial charge in [0.1, 0.15) is 23.3 Å². The van der Waals surface area contributed by atoms with Crippen molar-refractivity contribution in [3.8, 4) is 0 Å². The minimum Gasteiger partial charge on any atom is -0.744 e. The van der Waals surface area contributed by atoms with Crippen LogP contribution >= 0.6 is 0 Å². The van der Waals surface area contributed by atoms with Gasteiger partial charge in [0.05, 0.1) is 281 Å². The molecule has 0 aromatic heterocycles. The molecule has 4 rings (SSSR count). The van der Waals surface area contributed by atoms with Gasteiger partial charge in [-0.1, -0.05) is 42.3 Å². The van der Waals surface area contributed by atoms with Crippen LogP contribution < -0.4 is 9.80 Å². The number of anilines is 1. The number of nitrogens with zero attached hydrogens (tertiary/aromatic N) is 2. The van der Waals surface area contributed by atoms with Gasteiger partial charge < -0.3 is 114 Å². The van der Waals surface area contributed by atoms with E-state index in [0.29, 0.717) is 289 Å². The van der Waals surface area contributed by atoms with Crippen LogP contribution in [0.1, 0.15) is 90.3 Å². The van der Waals surface area contributed by atoms with E-state index >= 15 is 0 Å². The van der Waals surface area contributed by atoms with Crippen LogP contribution in [0.3, 0.4) is 0 Å². The Morgan fingerprint density at radius 2 is 0.842 bits per heavy atom. The highest BCUT2D eigenvalue weighted by Gasteiger charge is 2.45. The molecule has 30 nitrogen and oxygen atoms in total. The second kappa shape index (κ2) is 71.3. The molecule has 2 heterocycles. The predicted molar refractivity (Wildman–Crippen MR) is 434 cm³/mol. The number of carbonyl (C=O) groups is 1. The van der Waals surface area contributed by atoms with Crippen molar-refractivity contribution in [2.24, 2.45) is 0 Å². The third-order valence-electron chi connectivity index (χ3n) is 17.9. The highest BCUT2D eigenvalue weighted by atomic mass is 32.2. The van der Waals surface area contributed by atoms with Crippen molar-refractivity contribution in [2.45, 2.75) is 96.3 Å². The Balaban J connectivity index is 0.00000462. The zero-order valence-electron chi connectivity index (χ0n) is 70.5. The van der Waals surface area contributed by atoms with Crippen LogP contribution in [0.25, 0.3) is 0 Å². The van der Waals surface area contributed by atoms with E-state index in [1.54, 1.807) is 25.2 Å². The van der Waals surface area contributed by atoms with Crippen LogP contribution in [-0.2, 0) is 130 Å². The van der Waals surface area contributed by atoms with E-state index in [1.165, 1.54) is 31.8 Å². The van der Waals surface area contributed by atoms with Crippen LogP contribution in [-0.4, -0.2) is 346 Å². The first kappa shape index (κ1) is 105. The number of aliphatic carboxylic acids is 1. The monoisotopic (exact) mass is 1650 g/mol. The zero-order valence-corrected chi connectivity index (χ0v) is 71.3. The molecule has 658 valence electrons. The summed E-state index contributed by atoms with van der Waals surface area (Å²) < 4.78 is 149. The number of benzene rings is 2. The Labute approximate surface area is 681 Å². The molecule has 114 heavy (non-hydrogen) atoms. The Kier molecular flexibility index (Phi) is 65.9. The lowest BCUT2D eigenvalue weighted by molar-refractivity contribution is -0.894. The van der Waals surface area contributed by atoms with Crippen LogP contribution in [0.5, 0.6) is 0 Å². The number of carboxylic acids is 1. The van der Waals surface area contributed by atoms with Crippen LogP contribution in [0.15, 0.2) is 90.5 Å². The number of ether oxygens (including phenoxy) is 20. The zero-order chi connectivity index (χ0) is 83.1. The molecule has 2 aliphatic rings. The second-order valence-corrected chi connectivity index (χ2v) is 27.9. The maximum atomic E-state index is 12.3. The van der Waals surface area contributed by atoms with Crippen LogP contribution in [0.4, 0.5) is 11.4 Å². The molecule has 2 aromatic carbocycles. The molecule has 31 heteroatoms. The lowest BCUT2D eigenvalue weighted by Gasteiger charge is -2.30. The summed E-state index contributed by atoms with van der Waals surface area (Å²) in [4.78, 5) is 26.5. The summed E-state index contributed by atoms with van der Waals surface area (Å²) in [5.74, 6) is -0.806. The highest BCUT2D eigenvalue weighted by molar-refractivity contribution is 7.85. The Bertz CT molecular complexity index is 2900. The van der Waals surface area contributed by atoms with E-state index in [2.05, 4.69) is 81.5 Å². The van der Waals surface area contributed by atoms with Crippen molar-refractivity contribution in [1.82, 2.24) is 0 Å². The smallest absolute Gasteiger partial charge is 0.303 e. The van der Waals surface area contributed by atoms with Gasteiger partial charge in [-0.25, -0.2) is 18.2 Å².